The first kappa shape index (κ1) is 11.4. The highest BCUT2D eigenvalue weighted by atomic mass is 15.0. The molecule has 0 atom stereocenters. The lowest BCUT2D eigenvalue weighted by atomic mass is 10.0. The number of hydrogen-bond donors (Lipinski definition) is 1. The molecular formula is C14H22N2. The number of hydrogen-bond acceptors (Lipinski definition) is 2. The molecule has 1 heterocycles. The summed E-state index contributed by atoms with van der Waals surface area (Å²) in [5, 5.41) is 3.40. The molecule has 1 aliphatic carbocycles. The topological polar surface area (TPSA) is 24.9 Å². The van der Waals surface area contributed by atoms with Gasteiger partial charge in [-0.15, -0.1) is 0 Å². The average Bonchev–Trinajstić information content (AvgIpc) is 2.77. The van der Waals surface area contributed by atoms with Gasteiger partial charge in [-0.2, -0.15) is 0 Å². The summed E-state index contributed by atoms with van der Waals surface area (Å²) in [5.41, 5.74) is 1.08. The van der Waals surface area contributed by atoms with Crippen molar-refractivity contribution in [1.82, 2.24) is 4.98 Å². The van der Waals surface area contributed by atoms with E-state index >= 15 is 0 Å². The van der Waals surface area contributed by atoms with Gasteiger partial charge in [0.1, 0.15) is 5.82 Å². The summed E-state index contributed by atoms with van der Waals surface area (Å²) in [5.74, 6) is 2.03. The molecule has 0 aromatic carbocycles. The number of nitrogens with zero attached hydrogens (tertiary/aromatic N) is 1. The molecule has 0 spiro atoms. The van der Waals surface area contributed by atoms with Crippen LogP contribution in [0.15, 0.2) is 18.2 Å². The second-order valence-corrected chi connectivity index (χ2v) is 4.88. The maximum absolute atomic E-state index is 4.43. The van der Waals surface area contributed by atoms with Gasteiger partial charge in [-0.25, -0.2) is 4.98 Å². The van der Waals surface area contributed by atoms with Crippen molar-refractivity contribution >= 4 is 5.82 Å². The quantitative estimate of drug-likeness (QED) is 0.761. The van der Waals surface area contributed by atoms with Crippen LogP contribution >= 0.6 is 0 Å². The third-order valence-corrected chi connectivity index (χ3v) is 3.46. The third kappa shape index (κ3) is 3.51. The lowest BCUT2D eigenvalue weighted by Gasteiger charge is -2.09. The highest BCUT2D eigenvalue weighted by Crippen LogP contribution is 2.28. The lowest BCUT2D eigenvalue weighted by molar-refractivity contribution is 0.491. The molecule has 0 bridgehead atoms. The Hall–Kier alpha value is -1.05. The van der Waals surface area contributed by atoms with Gasteiger partial charge in [0.25, 0.3) is 0 Å². The van der Waals surface area contributed by atoms with Crippen LogP contribution in [-0.2, 0) is 0 Å². The molecule has 1 fully saturated rings. The summed E-state index contributed by atoms with van der Waals surface area (Å²) in [6.07, 6.45) is 8.50. The van der Waals surface area contributed by atoms with E-state index in [2.05, 4.69) is 16.4 Å². The Kier molecular flexibility index (Phi) is 4.20. The molecule has 0 saturated heterocycles. The normalized spacial score (nSPS) is 16.6. The van der Waals surface area contributed by atoms with Crippen LogP contribution in [0.5, 0.6) is 0 Å². The smallest absolute Gasteiger partial charge is 0.126 e. The minimum Gasteiger partial charge on any atom is -0.370 e. The van der Waals surface area contributed by atoms with E-state index in [0.29, 0.717) is 0 Å². The Balaban J connectivity index is 1.64. The Morgan fingerprint density at radius 2 is 2.12 bits per heavy atom. The first-order valence-electron chi connectivity index (χ1n) is 6.52. The van der Waals surface area contributed by atoms with Crippen LogP contribution in [0.3, 0.4) is 0 Å². The molecular weight excluding hydrogens is 196 g/mol. The molecule has 1 aromatic rings. The predicted molar refractivity (Wildman–Crippen MR) is 68.7 cm³/mol. The zero-order chi connectivity index (χ0) is 11.2. The highest BCUT2D eigenvalue weighted by molar-refractivity contribution is 5.34. The lowest BCUT2D eigenvalue weighted by Crippen LogP contribution is -2.05. The zero-order valence-corrected chi connectivity index (χ0v) is 10.2. The minimum absolute atomic E-state index is 1.01. The summed E-state index contributed by atoms with van der Waals surface area (Å²) in [6, 6.07) is 6.13. The molecule has 1 N–H and O–H groups in total. The van der Waals surface area contributed by atoms with Gasteiger partial charge in [0.15, 0.2) is 0 Å². The van der Waals surface area contributed by atoms with E-state index < -0.39 is 0 Å². The van der Waals surface area contributed by atoms with Gasteiger partial charge in [0.05, 0.1) is 0 Å². The van der Waals surface area contributed by atoms with Crippen LogP contribution in [0.2, 0.25) is 0 Å². The molecule has 16 heavy (non-hydrogen) atoms. The Morgan fingerprint density at radius 1 is 1.31 bits per heavy atom. The standard InChI is InChI=1S/C14H22N2/c1-12-6-4-10-14(16-12)15-11-5-9-13-7-2-3-8-13/h4,6,10,13H,2-3,5,7-9,11H2,1H3,(H,15,16). The molecule has 0 amide bonds. The van der Waals surface area contributed by atoms with E-state index in [9.17, 15) is 0 Å². The largest absolute Gasteiger partial charge is 0.370 e. The van der Waals surface area contributed by atoms with E-state index in [1.54, 1.807) is 0 Å². The van der Waals surface area contributed by atoms with Crippen molar-refractivity contribution in [1.29, 1.82) is 0 Å². The summed E-state index contributed by atoms with van der Waals surface area (Å²) in [4.78, 5) is 4.43. The van der Waals surface area contributed by atoms with Gasteiger partial charge in [0, 0.05) is 12.2 Å². The SMILES string of the molecule is Cc1cccc(NCCCC2CCCC2)n1. The fraction of sp³-hybridized carbons (Fsp3) is 0.643. The molecule has 2 nitrogen and oxygen atoms in total. The van der Waals surface area contributed by atoms with E-state index in [1.807, 2.05) is 19.1 Å². The third-order valence-electron chi connectivity index (χ3n) is 3.46. The molecule has 88 valence electrons. The summed E-state index contributed by atoms with van der Waals surface area (Å²) in [7, 11) is 0. The highest BCUT2D eigenvalue weighted by Gasteiger charge is 2.13. The van der Waals surface area contributed by atoms with Gasteiger partial charge >= 0.3 is 0 Å². The van der Waals surface area contributed by atoms with Crippen LogP contribution in [-0.4, -0.2) is 11.5 Å². The maximum atomic E-state index is 4.43. The van der Waals surface area contributed by atoms with Crippen LogP contribution in [0.25, 0.3) is 0 Å². The molecule has 1 aromatic heterocycles. The van der Waals surface area contributed by atoms with Gasteiger partial charge < -0.3 is 5.32 Å². The van der Waals surface area contributed by atoms with E-state index in [0.717, 1.165) is 24.0 Å². The van der Waals surface area contributed by atoms with Crippen molar-refractivity contribution in [2.75, 3.05) is 11.9 Å². The molecule has 2 heteroatoms. The molecule has 1 saturated carbocycles. The van der Waals surface area contributed by atoms with Crippen molar-refractivity contribution in [2.45, 2.75) is 45.4 Å². The minimum atomic E-state index is 1.01. The summed E-state index contributed by atoms with van der Waals surface area (Å²) >= 11 is 0. The monoisotopic (exact) mass is 218 g/mol. The predicted octanol–water partition coefficient (Wildman–Crippen LogP) is 3.77. The van der Waals surface area contributed by atoms with E-state index in [1.165, 1.54) is 38.5 Å². The number of pyridine rings is 1. The van der Waals surface area contributed by atoms with E-state index in [-0.39, 0.29) is 0 Å². The number of aryl methyl sites for hydroxylation is 1. The first-order chi connectivity index (χ1) is 7.84. The Morgan fingerprint density at radius 3 is 2.88 bits per heavy atom. The van der Waals surface area contributed by atoms with Crippen LogP contribution in [0.4, 0.5) is 5.82 Å². The van der Waals surface area contributed by atoms with Crippen LogP contribution < -0.4 is 5.32 Å². The van der Waals surface area contributed by atoms with Crippen molar-refractivity contribution in [2.24, 2.45) is 5.92 Å². The Bertz CT molecular complexity index is 316. The fourth-order valence-electron chi connectivity index (χ4n) is 2.55. The summed E-state index contributed by atoms with van der Waals surface area (Å²) < 4.78 is 0. The van der Waals surface area contributed by atoms with Crippen molar-refractivity contribution < 1.29 is 0 Å². The van der Waals surface area contributed by atoms with Gasteiger partial charge in [-0.3, -0.25) is 0 Å². The van der Waals surface area contributed by atoms with Gasteiger partial charge in [-0.1, -0.05) is 31.7 Å². The average molecular weight is 218 g/mol. The van der Waals surface area contributed by atoms with Crippen molar-refractivity contribution in [3.05, 3.63) is 23.9 Å². The first-order valence-corrected chi connectivity index (χ1v) is 6.52. The molecule has 0 unspecified atom stereocenters. The van der Waals surface area contributed by atoms with Crippen molar-refractivity contribution in [3.8, 4) is 0 Å². The number of anilines is 1. The summed E-state index contributed by atoms with van der Waals surface area (Å²) in [6.45, 7) is 3.09. The molecule has 0 radical (unpaired) electrons. The maximum Gasteiger partial charge on any atom is 0.126 e. The van der Waals surface area contributed by atoms with Crippen LogP contribution in [0.1, 0.15) is 44.2 Å². The molecule has 1 aliphatic rings. The van der Waals surface area contributed by atoms with E-state index in [4.69, 9.17) is 0 Å². The Labute approximate surface area is 98.5 Å². The molecule has 0 aliphatic heterocycles. The second kappa shape index (κ2) is 5.88. The second-order valence-electron chi connectivity index (χ2n) is 4.88. The molecule has 2 rings (SSSR count). The van der Waals surface area contributed by atoms with Crippen LogP contribution in [0, 0.1) is 12.8 Å². The zero-order valence-electron chi connectivity index (χ0n) is 10.2. The number of aromatic nitrogens is 1. The van der Waals surface area contributed by atoms with Gasteiger partial charge in [0.2, 0.25) is 0 Å². The fourth-order valence-corrected chi connectivity index (χ4v) is 2.55. The van der Waals surface area contributed by atoms with Crippen molar-refractivity contribution in [3.63, 3.8) is 0 Å². The number of nitrogens with one attached hydrogen (secondary N) is 1. The van der Waals surface area contributed by atoms with Gasteiger partial charge in [-0.05, 0) is 37.8 Å². The number of rotatable bonds is 5.